The summed E-state index contributed by atoms with van der Waals surface area (Å²) >= 11 is 5.93. The number of hydrogen-bond donors (Lipinski definition) is 2. The van der Waals surface area contributed by atoms with Gasteiger partial charge in [0, 0.05) is 6.07 Å². The molecule has 0 unspecified atom stereocenters. The number of halogens is 1. The van der Waals surface area contributed by atoms with Gasteiger partial charge in [-0.25, -0.2) is 4.79 Å². The zero-order valence-corrected chi connectivity index (χ0v) is 15.8. The lowest BCUT2D eigenvalue weighted by atomic mass is 10.2. The Bertz CT molecular complexity index is 889. The minimum Gasteiger partial charge on any atom is -0.496 e. The van der Waals surface area contributed by atoms with Crippen LogP contribution in [-0.2, 0) is 9.53 Å². The van der Waals surface area contributed by atoms with Crippen LogP contribution in [0.25, 0.3) is 0 Å². The third kappa shape index (κ3) is 4.58. The SMILES string of the molecule is COc1cc(N)c(Cl)cc1C(=O)OCC(=O)NC[C@H]1COc2ccccc2O1. The number of benzene rings is 2. The summed E-state index contributed by atoms with van der Waals surface area (Å²) < 4.78 is 21.4. The van der Waals surface area contributed by atoms with Crippen LogP contribution in [0.1, 0.15) is 10.4 Å². The topological polar surface area (TPSA) is 109 Å². The van der Waals surface area contributed by atoms with E-state index in [9.17, 15) is 9.59 Å². The van der Waals surface area contributed by atoms with Crippen molar-refractivity contribution in [2.24, 2.45) is 0 Å². The maximum Gasteiger partial charge on any atom is 0.342 e. The Labute approximate surface area is 166 Å². The molecule has 1 amide bonds. The van der Waals surface area contributed by atoms with Crippen molar-refractivity contribution >= 4 is 29.2 Å². The van der Waals surface area contributed by atoms with Crippen molar-refractivity contribution in [3.63, 3.8) is 0 Å². The van der Waals surface area contributed by atoms with Crippen LogP contribution in [-0.4, -0.2) is 44.8 Å². The molecule has 0 radical (unpaired) electrons. The Morgan fingerprint density at radius 2 is 2.04 bits per heavy atom. The quantitative estimate of drug-likeness (QED) is 0.558. The number of esters is 1. The highest BCUT2D eigenvalue weighted by molar-refractivity contribution is 6.33. The first-order valence-corrected chi connectivity index (χ1v) is 8.81. The van der Waals surface area contributed by atoms with Crippen LogP contribution in [0.15, 0.2) is 36.4 Å². The molecular weight excluding hydrogens is 388 g/mol. The Morgan fingerprint density at radius 1 is 1.29 bits per heavy atom. The lowest BCUT2D eigenvalue weighted by Gasteiger charge is -2.26. The monoisotopic (exact) mass is 406 g/mol. The van der Waals surface area contributed by atoms with E-state index in [1.807, 2.05) is 12.1 Å². The van der Waals surface area contributed by atoms with Crippen LogP contribution < -0.4 is 25.3 Å². The van der Waals surface area contributed by atoms with Gasteiger partial charge in [-0.3, -0.25) is 4.79 Å². The predicted molar refractivity (Wildman–Crippen MR) is 102 cm³/mol. The molecule has 0 bridgehead atoms. The number of carbonyl (C=O) groups excluding carboxylic acids is 2. The zero-order valence-electron chi connectivity index (χ0n) is 15.1. The number of methoxy groups -OCH3 is 1. The smallest absolute Gasteiger partial charge is 0.342 e. The molecule has 0 fully saturated rings. The summed E-state index contributed by atoms with van der Waals surface area (Å²) in [6.45, 7) is 0.0497. The lowest BCUT2D eigenvalue weighted by molar-refractivity contribution is -0.124. The van der Waals surface area contributed by atoms with Crippen molar-refractivity contribution < 1.29 is 28.5 Å². The molecule has 1 atom stereocenters. The summed E-state index contributed by atoms with van der Waals surface area (Å²) in [5, 5.41) is 2.83. The second-order valence-electron chi connectivity index (χ2n) is 5.95. The van der Waals surface area contributed by atoms with Gasteiger partial charge in [0.15, 0.2) is 18.1 Å². The van der Waals surface area contributed by atoms with E-state index in [2.05, 4.69) is 5.32 Å². The summed E-state index contributed by atoms with van der Waals surface area (Å²) in [7, 11) is 1.39. The number of anilines is 1. The number of rotatable bonds is 6. The number of hydrogen-bond acceptors (Lipinski definition) is 7. The van der Waals surface area contributed by atoms with Gasteiger partial charge >= 0.3 is 5.97 Å². The van der Waals surface area contributed by atoms with Crippen LogP contribution in [0, 0.1) is 0 Å². The molecule has 8 nitrogen and oxygen atoms in total. The van der Waals surface area contributed by atoms with Crippen LogP contribution in [0.4, 0.5) is 5.69 Å². The first-order chi connectivity index (χ1) is 13.5. The van der Waals surface area contributed by atoms with Gasteiger partial charge in [-0.2, -0.15) is 0 Å². The normalized spacial score (nSPS) is 14.9. The van der Waals surface area contributed by atoms with Gasteiger partial charge < -0.3 is 30.0 Å². The first-order valence-electron chi connectivity index (χ1n) is 8.43. The van der Waals surface area contributed by atoms with Crippen molar-refractivity contribution in [3.8, 4) is 17.2 Å². The van der Waals surface area contributed by atoms with Crippen molar-refractivity contribution in [1.82, 2.24) is 5.32 Å². The second-order valence-corrected chi connectivity index (χ2v) is 6.36. The molecular formula is C19H19ClN2O6. The Hall–Kier alpha value is -3.13. The molecule has 0 saturated carbocycles. The molecule has 2 aromatic carbocycles. The van der Waals surface area contributed by atoms with Crippen LogP contribution in [0.5, 0.6) is 17.2 Å². The standard InChI is InChI=1S/C19H19ClN2O6/c1-25-17-7-14(21)13(20)6-12(17)19(24)27-10-18(23)22-8-11-9-26-15-4-2-3-5-16(15)28-11/h2-7,11H,8-10,21H2,1H3,(H,22,23)/t11-/m0/s1. The molecule has 9 heteroatoms. The maximum absolute atomic E-state index is 12.2. The third-order valence-corrected chi connectivity index (χ3v) is 4.29. The van der Waals surface area contributed by atoms with E-state index in [0.29, 0.717) is 18.1 Å². The predicted octanol–water partition coefficient (Wildman–Crippen LogP) is 2.04. The second kappa shape index (κ2) is 8.71. The Morgan fingerprint density at radius 3 is 2.79 bits per heavy atom. The first kappa shape index (κ1) is 19.6. The lowest BCUT2D eigenvalue weighted by Crippen LogP contribution is -2.42. The van der Waals surface area contributed by atoms with Crippen LogP contribution in [0.3, 0.4) is 0 Å². The molecule has 2 aromatic rings. The number of amides is 1. The number of carbonyl (C=O) groups is 2. The Kier molecular flexibility index (Phi) is 6.10. The number of nitrogens with one attached hydrogen (secondary N) is 1. The fourth-order valence-corrected chi connectivity index (χ4v) is 2.71. The van der Waals surface area contributed by atoms with Crippen molar-refractivity contribution in [1.29, 1.82) is 0 Å². The van der Waals surface area contributed by atoms with Gasteiger partial charge in [-0.15, -0.1) is 0 Å². The van der Waals surface area contributed by atoms with Gasteiger partial charge in [-0.05, 0) is 18.2 Å². The molecule has 0 saturated heterocycles. The average Bonchev–Trinajstić information content (AvgIpc) is 2.71. The zero-order chi connectivity index (χ0) is 20.1. The number of ether oxygens (including phenoxy) is 4. The number of nitrogens with two attached hydrogens (primary N) is 1. The molecule has 0 aliphatic carbocycles. The van der Waals surface area contributed by atoms with Crippen LogP contribution >= 0.6 is 11.6 Å². The summed E-state index contributed by atoms with van der Waals surface area (Å²) in [6, 6.07) is 10.0. The molecule has 148 valence electrons. The number of para-hydroxylation sites is 2. The molecule has 3 N–H and O–H groups in total. The van der Waals surface area contributed by atoms with E-state index >= 15 is 0 Å². The van der Waals surface area contributed by atoms with Crippen molar-refractivity contribution in [3.05, 3.63) is 47.0 Å². The summed E-state index contributed by atoms with van der Waals surface area (Å²) in [5.41, 5.74) is 6.02. The third-order valence-electron chi connectivity index (χ3n) is 3.97. The number of fused-ring (bicyclic) bond motifs is 1. The molecule has 28 heavy (non-hydrogen) atoms. The molecule has 3 rings (SSSR count). The molecule has 1 aliphatic heterocycles. The summed E-state index contributed by atoms with van der Waals surface area (Å²) in [4.78, 5) is 24.2. The highest BCUT2D eigenvalue weighted by Crippen LogP contribution is 2.31. The van der Waals surface area contributed by atoms with Crippen molar-refractivity contribution in [2.45, 2.75) is 6.10 Å². The van der Waals surface area contributed by atoms with Gasteiger partial charge in [0.05, 0.1) is 24.4 Å². The molecule has 0 aromatic heterocycles. The van der Waals surface area contributed by atoms with Gasteiger partial charge in [0.2, 0.25) is 0 Å². The minimum atomic E-state index is -0.750. The van der Waals surface area contributed by atoms with E-state index < -0.39 is 18.5 Å². The molecule has 1 heterocycles. The van der Waals surface area contributed by atoms with Crippen molar-refractivity contribution in [2.75, 3.05) is 32.6 Å². The van der Waals surface area contributed by atoms with E-state index in [-0.39, 0.29) is 34.7 Å². The fourth-order valence-electron chi connectivity index (χ4n) is 2.55. The largest absolute Gasteiger partial charge is 0.496 e. The minimum absolute atomic E-state index is 0.0788. The van der Waals surface area contributed by atoms with Crippen LogP contribution in [0.2, 0.25) is 5.02 Å². The van der Waals surface area contributed by atoms with Gasteiger partial charge in [0.1, 0.15) is 24.0 Å². The molecule has 1 aliphatic rings. The van der Waals surface area contributed by atoms with E-state index in [0.717, 1.165) is 0 Å². The summed E-state index contributed by atoms with van der Waals surface area (Å²) in [6.07, 6.45) is -0.342. The summed E-state index contributed by atoms with van der Waals surface area (Å²) in [5.74, 6) is 0.261. The maximum atomic E-state index is 12.2. The highest BCUT2D eigenvalue weighted by atomic mass is 35.5. The van der Waals surface area contributed by atoms with E-state index in [4.69, 9.17) is 36.3 Å². The molecule has 0 spiro atoms. The highest BCUT2D eigenvalue weighted by Gasteiger charge is 2.22. The van der Waals surface area contributed by atoms with E-state index in [1.54, 1.807) is 12.1 Å². The number of nitrogen functional groups attached to an aromatic ring is 1. The average molecular weight is 407 g/mol. The van der Waals surface area contributed by atoms with Gasteiger partial charge in [0.25, 0.3) is 5.91 Å². The van der Waals surface area contributed by atoms with E-state index in [1.165, 1.54) is 19.2 Å². The Balaban J connectivity index is 1.48. The van der Waals surface area contributed by atoms with Gasteiger partial charge in [-0.1, -0.05) is 23.7 Å². The fraction of sp³-hybridized carbons (Fsp3) is 0.263.